The molecule has 0 amide bonds. The summed E-state index contributed by atoms with van der Waals surface area (Å²) in [5, 5.41) is 16.8. The third-order valence-corrected chi connectivity index (χ3v) is 9.51. The minimum absolute atomic E-state index is 0.851. The van der Waals surface area contributed by atoms with Crippen molar-refractivity contribution in [3.05, 3.63) is 152 Å². The monoisotopic (exact) mass is 571 g/mol. The van der Waals surface area contributed by atoms with E-state index in [-0.39, 0.29) is 0 Å². The molecule has 0 radical (unpaired) electrons. The minimum Gasteiger partial charge on any atom is -0.455 e. The maximum Gasteiger partial charge on any atom is 0.143 e. The van der Waals surface area contributed by atoms with Crippen LogP contribution in [0.1, 0.15) is 0 Å². The van der Waals surface area contributed by atoms with Crippen molar-refractivity contribution < 1.29 is 4.74 Å². The van der Waals surface area contributed by atoms with Gasteiger partial charge in [-0.15, -0.1) is 0 Å². The molecule has 0 atom stereocenters. The van der Waals surface area contributed by atoms with Crippen LogP contribution in [0.25, 0.3) is 86.5 Å². The lowest BCUT2D eigenvalue weighted by Crippen LogP contribution is -1.94. The molecule has 0 aliphatic heterocycles. The van der Waals surface area contributed by atoms with Crippen molar-refractivity contribution in [2.45, 2.75) is 0 Å². The van der Waals surface area contributed by atoms with Crippen LogP contribution in [0, 0.1) is 0 Å². The molecule has 10 rings (SSSR count). The number of hydrogen-bond donors (Lipinski definition) is 0. The van der Waals surface area contributed by atoms with Crippen molar-refractivity contribution in [2.75, 3.05) is 0 Å². The van der Waals surface area contributed by atoms with Crippen molar-refractivity contribution >= 4 is 75.4 Å². The van der Waals surface area contributed by atoms with E-state index < -0.39 is 0 Å². The van der Waals surface area contributed by atoms with E-state index >= 15 is 0 Å². The van der Waals surface area contributed by atoms with E-state index in [0.717, 1.165) is 38.4 Å². The zero-order valence-corrected chi connectivity index (χ0v) is 24.3. The van der Waals surface area contributed by atoms with Gasteiger partial charge in [0.15, 0.2) is 0 Å². The van der Waals surface area contributed by atoms with Gasteiger partial charge in [0.25, 0.3) is 0 Å². The largest absolute Gasteiger partial charge is 0.455 e. The average Bonchev–Trinajstić information content (AvgIpc) is 3.10. The van der Waals surface area contributed by atoms with Gasteiger partial charge in [0.2, 0.25) is 0 Å². The van der Waals surface area contributed by atoms with E-state index in [2.05, 4.69) is 145 Å². The van der Waals surface area contributed by atoms with Gasteiger partial charge in [0.05, 0.1) is 0 Å². The van der Waals surface area contributed by atoms with Crippen molar-refractivity contribution in [3.63, 3.8) is 0 Å². The third-order valence-electron chi connectivity index (χ3n) is 9.51. The summed E-state index contributed by atoms with van der Waals surface area (Å²) in [6, 6.07) is 50.1. The zero-order valence-electron chi connectivity index (χ0n) is 24.3. The third kappa shape index (κ3) is 3.48. The summed E-state index contributed by atoms with van der Waals surface area (Å²) in [6.45, 7) is 0. The Bertz CT molecular complexity index is 2690. The lowest BCUT2D eigenvalue weighted by molar-refractivity contribution is 0.500. The normalized spacial score (nSPS) is 12.0. The Balaban J connectivity index is 1.25. The van der Waals surface area contributed by atoms with Crippen molar-refractivity contribution in [1.29, 1.82) is 0 Å². The molecule has 1 heterocycles. The second-order valence-electron chi connectivity index (χ2n) is 11.9. The number of nitrogens with zero attached hydrogens (tertiary/aromatic N) is 1. The van der Waals surface area contributed by atoms with Gasteiger partial charge >= 0.3 is 0 Å². The van der Waals surface area contributed by atoms with Gasteiger partial charge in [-0.25, -0.2) is 0 Å². The summed E-state index contributed by atoms with van der Waals surface area (Å²) in [6.07, 6.45) is 3.84. The summed E-state index contributed by atoms with van der Waals surface area (Å²) < 4.78 is 7.09. The SMILES string of the molecule is c1ccc2cc(-c3c4ccccc4c(Oc4ccc5c6cccc7cccc(c8cccc4c85)c76)c4ccncc34)ccc2c1. The lowest BCUT2D eigenvalue weighted by Gasteiger charge is -2.20. The number of aromatic nitrogens is 1. The summed E-state index contributed by atoms with van der Waals surface area (Å²) >= 11 is 0. The molecule has 1 aromatic heterocycles. The highest BCUT2D eigenvalue weighted by Gasteiger charge is 2.20. The maximum absolute atomic E-state index is 7.09. The smallest absolute Gasteiger partial charge is 0.143 e. The van der Waals surface area contributed by atoms with Gasteiger partial charge in [-0.1, -0.05) is 115 Å². The first kappa shape index (κ1) is 24.5. The van der Waals surface area contributed by atoms with Gasteiger partial charge in [-0.2, -0.15) is 0 Å². The number of hydrogen-bond acceptors (Lipinski definition) is 2. The van der Waals surface area contributed by atoms with Crippen molar-refractivity contribution in [2.24, 2.45) is 0 Å². The van der Waals surface area contributed by atoms with Crippen LogP contribution in [0.4, 0.5) is 0 Å². The van der Waals surface area contributed by atoms with Crippen molar-refractivity contribution in [3.8, 4) is 22.6 Å². The number of fused-ring (bicyclic) bond motifs is 5. The Hall–Kier alpha value is -5.99. The van der Waals surface area contributed by atoms with Crippen molar-refractivity contribution in [1.82, 2.24) is 4.98 Å². The average molecular weight is 572 g/mol. The van der Waals surface area contributed by atoms with Gasteiger partial charge < -0.3 is 4.74 Å². The Morgan fingerprint density at radius 1 is 0.400 bits per heavy atom. The van der Waals surface area contributed by atoms with E-state index in [9.17, 15) is 0 Å². The second-order valence-corrected chi connectivity index (χ2v) is 11.9. The van der Waals surface area contributed by atoms with Crippen LogP contribution in [0.3, 0.4) is 0 Å². The summed E-state index contributed by atoms with van der Waals surface area (Å²) in [7, 11) is 0. The molecule has 0 saturated heterocycles. The van der Waals surface area contributed by atoms with Crippen LogP contribution in [-0.4, -0.2) is 4.98 Å². The quantitative estimate of drug-likeness (QED) is 0.155. The first-order valence-electron chi connectivity index (χ1n) is 15.4. The Kier molecular flexibility index (Phi) is 5.03. The molecule has 0 fully saturated rings. The van der Waals surface area contributed by atoms with E-state index in [0.29, 0.717) is 0 Å². The standard InChI is InChI=1S/C43H25NO/c1-2-9-28-24-29(19-18-26(28)8-1)41-33-12-3-4-13-35(33)43(36-22-23-44-25-38(36)41)45-39-21-20-34-31-15-6-11-27-10-5-14-30(40(27)31)32-16-7-17-37(39)42(32)34/h1-25H. The molecular weight excluding hydrogens is 546 g/mol. The molecule has 10 aromatic rings. The van der Waals surface area contributed by atoms with Crippen LogP contribution in [0.5, 0.6) is 11.5 Å². The summed E-state index contributed by atoms with van der Waals surface area (Å²) in [5.74, 6) is 1.70. The van der Waals surface area contributed by atoms with Gasteiger partial charge in [0, 0.05) is 39.3 Å². The first-order valence-corrected chi connectivity index (χ1v) is 15.4. The first-order chi connectivity index (χ1) is 22.3. The molecule has 0 aliphatic rings. The zero-order chi connectivity index (χ0) is 29.5. The highest BCUT2D eigenvalue weighted by molar-refractivity contribution is 6.33. The van der Waals surface area contributed by atoms with Crippen LogP contribution < -0.4 is 4.74 Å². The van der Waals surface area contributed by atoms with Crippen LogP contribution >= 0.6 is 0 Å². The van der Waals surface area contributed by atoms with Gasteiger partial charge in [0.1, 0.15) is 11.5 Å². The molecule has 2 heteroatoms. The molecule has 0 bridgehead atoms. The number of rotatable bonds is 3. The molecule has 45 heavy (non-hydrogen) atoms. The fourth-order valence-corrected chi connectivity index (χ4v) is 7.56. The molecule has 0 aliphatic carbocycles. The molecule has 0 spiro atoms. The van der Waals surface area contributed by atoms with E-state index in [1.165, 1.54) is 59.6 Å². The van der Waals surface area contributed by atoms with E-state index in [1.54, 1.807) is 0 Å². The number of ether oxygens (including phenoxy) is 1. The van der Waals surface area contributed by atoms with Gasteiger partial charge in [-0.05, 0) is 83.9 Å². The molecule has 9 aromatic carbocycles. The Morgan fingerprint density at radius 3 is 1.87 bits per heavy atom. The van der Waals surface area contributed by atoms with Crippen LogP contribution in [0.2, 0.25) is 0 Å². The molecule has 0 N–H and O–H groups in total. The van der Waals surface area contributed by atoms with Crippen LogP contribution in [-0.2, 0) is 0 Å². The lowest BCUT2D eigenvalue weighted by atomic mass is 9.89. The Morgan fingerprint density at radius 2 is 1.02 bits per heavy atom. The second kappa shape index (κ2) is 9.25. The van der Waals surface area contributed by atoms with E-state index in [4.69, 9.17) is 4.74 Å². The predicted octanol–water partition coefficient (Wildman–Crippen LogP) is 12.1. The Labute approximate surface area is 259 Å². The molecule has 2 nitrogen and oxygen atoms in total. The predicted molar refractivity (Wildman–Crippen MR) is 190 cm³/mol. The summed E-state index contributed by atoms with van der Waals surface area (Å²) in [5.41, 5.74) is 2.34. The minimum atomic E-state index is 0.851. The fourth-order valence-electron chi connectivity index (χ4n) is 7.56. The van der Waals surface area contributed by atoms with Crippen LogP contribution in [0.15, 0.2) is 152 Å². The summed E-state index contributed by atoms with van der Waals surface area (Å²) in [4.78, 5) is 4.59. The van der Waals surface area contributed by atoms with E-state index in [1.807, 2.05) is 12.4 Å². The topological polar surface area (TPSA) is 22.1 Å². The maximum atomic E-state index is 7.09. The molecular formula is C43H25NO. The van der Waals surface area contributed by atoms with Gasteiger partial charge in [-0.3, -0.25) is 4.98 Å². The number of benzene rings is 9. The molecule has 0 saturated carbocycles. The fraction of sp³-hybridized carbons (Fsp3) is 0. The molecule has 208 valence electrons. The highest BCUT2D eigenvalue weighted by Crippen LogP contribution is 2.48. The number of pyridine rings is 1. The molecule has 0 unspecified atom stereocenters. The highest BCUT2D eigenvalue weighted by atomic mass is 16.5.